The fourth-order valence-electron chi connectivity index (χ4n) is 1.28. The van der Waals surface area contributed by atoms with Crippen molar-refractivity contribution in [3.05, 3.63) is 28.5 Å². The van der Waals surface area contributed by atoms with Crippen LogP contribution < -0.4 is 4.90 Å². The van der Waals surface area contributed by atoms with Crippen LogP contribution in [0.15, 0.2) is 12.1 Å². The Hall–Kier alpha value is -1.62. The summed E-state index contributed by atoms with van der Waals surface area (Å²) in [5, 5.41) is 8.69. The third-order valence-corrected chi connectivity index (χ3v) is 2.57. The molecule has 0 fully saturated rings. The van der Waals surface area contributed by atoms with Gasteiger partial charge >= 0.3 is 5.97 Å². The molecule has 0 aromatic heterocycles. The number of hydrogen-bond donors (Lipinski definition) is 1. The maximum absolute atomic E-state index is 13.3. The van der Waals surface area contributed by atoms with Crippen molar-refractivity contribution in [2.75, 3.05) is 11.9 Å². The van der Waals surface area contributed by atoms with E-state index in [-0.39, 0.29) is 10.7 Å². The van der Waals surface area contributed by atoms with Crippen molar-refractivity contribution >= 4 is 29.2 Å². The molecule has 0 atom stereocenters. The first-order valence-electron chi connectivity index (χ1n) is 4.77. The summed E-state index contributed by atoms with van der Waals surface area (Å²) < 4.78 is 13.3. The summed E-state index contributed by atoms with van der Waals surface area (Å²) in [6.45, 7) is 1.55. The van der Waals surface area contributed by atoms with E-state index in [1.165, 1.54) is 13.1 Å². The van der Waals surface area contributed by atoms with Gasteiger partial charge in [0.2, 0.25) is 5.91 Å². The number of carbonyl (C=O) groups is 2. The van der Waals surface area contributed by atoms with Crippen molar-refractivity contribution in [2.45, 2.75) is 13.3 Å². The fourth-order valence-corrected chi connectivity index (χ4v) is 1.62. The van der Waals surface area contributed by atoms with Gasteiger partial charge in [-0.05, 0) is 24.6 Å². The van der Waals surface area contributed by atoms with Gasteiger partial charge in [0.15, 0.2) is 0 Å². The number of carboxylic acid groups (broad SMARTS) is 1. The largest absolute Gasteiger partial charge is 0.481 e. The number of hydrogen-bond acceptors (Lipinski definition) is 2. The lowest BCUT2D eigenvalue weighted by molar-refractivity contribution is -0.140. The molecule has 0 aliphatic rings. The summed E-state index contributed by atoms with van der Waals surface area (Å²) >= 11 is 5.87. The molecule has 1 aromatic rings. The van der Waals surface area contributed by atoms with Crippen molar-refractivity contribution < 1.29 is 19.1 Å². The van der Waals surface area contributed by atoms with Crippen molar-refractivity contribution in [1.29, 1.82) is 0 Å². The quantitative estimate of drug-likeness (QED) is 0.847. The zero-order chi connectivity index (χ0) is 13.2. The number of carbonyl (C=O) groups excluding carboxylic acids is 1. The van der Waals surface area contributed by atoms with E-state index in [9.17, 15) is 14.0 Å². The van der Waals surface area contributed by atoms with Gasteiger partial charge in [-0.1, -0.05) is 11.6 Å². The molecule has 17 heavy (non-hydrogen) atoms. The maximum atomic E-state index is 13.3. The molecule has 0 aliphatic carbocycles. The Labute approximate surface area is 103 Å². The monoisotopic (exact) mass is 259 g/mol. The molecule has 0 bridgehead atoms. The first kappa shape index (κ1) is 13.4. The fraction of sp³-hybridized carbons (Fsp3) is 0.273. The highest BCUT2D eigenvalue weighted by Gasteiger charge is 2.18. The number of rotatable bonds is 3. The van der Waals surface area contributed by atoms with E-state index in [0.717, 1.165) is 11.0 Å². The van der Waals surface area contributed by atoms with E-state index in [1.807, 2.05) is 0 Å². The molecule has 1 aromatic carbocycles. The van der Waals surface area contributed by atoms with Gasteiger partial charge in [-0.3, -0.25) is 9.59 Å². The van der Waals surface area contributed by atoms with Crippen molar-refractivity contribution in [3.63, 3.8) is 0 Å². The van der Waals surface area contributed by atoms with Crippen LogP contribution in [0.25, 0.3) is 0 Å². The number of aryl methyl sites for hydroxylation is 1. The molecule has 0 unspecified atom stereocenters. The topological polar surface area (TPSA) is 57.6 Å². The molecule has 0 saturated carbocycles. The number of aliphatic carboxylic acids is 1. The predicted octanol–water partition coefficient (Wildman–Crippen LogP) is 2.23. The number of halogens is 2. The zero-order valence-corrected chi connectivity index (χ0v) is 10.1. The second kappa shape index (κ2) is 5.14. The smallest absolute Gasteiger partial charge is 0.312 e. The summed E-state index contributed by atoms with van der Waals surface area (Å²) in [6.07, 6.45) is -0.664. The SMILES string of the molecule is Cc1cc(Cl)c(N(C)C(=O)CC(=O)O)cc1F. The Bertz CT molecular complexity index is 476. The minimum atomic E-state index is -1.24. The van der Waals surface area contributed by atoms with E-state index in [2.05, 4.69) is 0 Å². The van der Waals surface area contributed by atoms with E-state index in [4.69, 9.17) is 16.7 Å². The molecular weight excluding hydrogens is 249 g/mol. The van der Waals surface area contributed by atoms with E-state index >= 15 is 0 Å². The average molecular weight is 260 g/mol. The van der Waals surface area contributed by atoms with Gasteiger partial charge < -0.3 is 10.0 Å². The molecule has 6 heteroatoms. The van der Waals surface area contributed by atoms with E-state index in [1.54, 1.807) is 6.92 Å². The van der Waals surface area contributed by atoms with Crippen molar-refractivity contribution in [1.82, 2.24) is 0 Å². The summed E-state index contributed by atoms with van der Waals surface area (Å²) in [7, 11) is 1.35. The molecule has 0 aliphatic heterocycles. The molecule has 1 amide bonds. The highest BCUT2D eigenvalue weighted by atomic mass is 35.5. The molecule has 0 heterocycles. The zero-order valence-electron chi connectivity index (χ0n) is 9.33. The van der Waals surface area contributed by atoms with E-state index < -0.39 is 24.1 Å². The second-order valence-electron chi connectivity index (χ2n) is 3.58. The second-order valence-corrected chi connectivity index (χ2v) is 3.98. The maximum Gasteiger partial charge on any atom is 0.312 e. The number of nitrogens with zero attached hydrogens (tertiary/aromatic N) is 1. The lowest BCUT2D eigenvalue weighted by Crippen LogP contribution is -2.28. The third-order valence-electron chi connectivity index (χ3n) is 2.27. The van der Waals surface area contributed by atoms with Crippen LogP contribution in [0.2, 0.25) is 5.02 Å². The van der Waals surface area contributed by atoms with Crippen LogP contribution in [-0.2, 0) is 9.59 Å². The van der Waals surface area contributed by atoms with Crippen LogP contribution in [0.1, 0.15) is 12.0 Å². The molecule has 4 nitrogen and oxygen atoms in total. The predicted molar refractivity (Wildman–Crippen MR) is 61.8 cm³/mol. The first-order valence-corrected chi connectivity index (χ1v) is 5.14. The Kier molecular flexibility index (Phi) is 4.07. The standard InChI is InChI=1S/C11H11ClFNO3/c1-6-3-7(12)9(4-8(6)13)14(2)10(15)5-11(16)17/h3-4H,5H2,1-2H3,(H,16,17). The lowest BCUT2D eigenvalue weighted by Gasteiger charge is -2.18. The highest BCUT2D eigenvalue weighted by Crippen LogP contribution is 2.28. The van der Waals surface area contributed by atoms with Crippen LogP contribution in [0.4, 0.5) is 10.1 Å². The van der Waals surface area contributed by atoms with Crippen LogP contribution in [0.3, 0.4) is 0 Å². The number of anilines is 1. The van der Waals surface area contributed by atoms with Gasteiger partial charge in [0.05, 0.1) is 10.7 Å². The van der Waals surface area contributed by atoms with Gasteiger partial charge in [0, 0.05) is 7.05 Å². The summed E-state index contributed by atoms with van der Waals surface area (Å²) in [6, 6.07) is 2.49. The van der Waals surface area contributed by atoms with Gasteiger partial charge in [0.25, 0.3) is 0 Å². The normalized spacial score (nSPS) is 10.1. The molecule has 0 radical (unpaired) electrons. The lowest BCUT2D eigenvalue weighted by atomic mass is 10.2. The van der Waals surface area contributed by atoms with Crippen LogP contribution >= 0.6 is 11.6 Å². The summed E-state index contributed by atoms with van der Waals surface area (Å²) in [4.78, 5) is 22.9. The van der Waals surface area contributed by atoms with Gasteiger partial charge in [0.1, 0.15) is 12.2 Å². The molecular formula is C11H11ClFNO3. The van der Waals surface area contributed by atoms with Gasteiger partial charge in [-0.25, -0.2) is 4.39 Å². The van der Waals surface area contributed by atoms with Crippen LogP contribution in [-0.4, -0.2) is 24.0 Å². The number of amides is 1. The molecule has 1 N–H and O–H groups in total. The van der Waals surface area contributed by atoms with Crippen molar-refractivity contribution in [3.8, 4) is 0 Å². The number of benzene rings is 1. The Morgan fingerprint density at radius 2 is 2.06 bits per heavy atom. The Balaban J connectivity index is 3.04. The van der Waals surface area contributed by atoms with E-state index in [0.29, 0.717) is 5.56 Å². The molecule has 0 saturated heterocycles. The Morgan fingerprint density at radius 3 is 2.59 bits per heavy atom. The number of carboxylic acids is 1. The van der Waals surface area contributed by atoms with Crippen LogP contribution in [0.5, 0.6) is 0 Å². The van der Waals surface area contributed by atoms with Crippen LogP contribution in [0, 0.1) is 12.7 Å². The third kappa shape index (κ3) is 3.17. The minimum Gasteiger partial charge on any atom is -0.481 e. The highest BCUT2D eigenvalue weighted by molar-refractivity contribution is 6.34. The summed E-state index contributed by atoms with van der Waals surface area (Å²) in [5.41, 5.74) is 0.513. The minimum absolute atomic E-state index is 0.154. The summed E-state index contributed by atoms with van der Waals surface area (Å²) in [5.74, 6) is -2.41. The average Bonchev–Trinajstić information content (AvgIpc) is 2.21. The molecule has 1 rings (SSSR count). The Morgan fingerprint density at radius 1 is 1.47 bits per heavy atom. The molecule has 0 spiro atoms. The first-order chi connectivity index (χ1) is 7.82. The van der Waals surface area contributed by atoms with Gasteiger partial charge in [-0.15, -0.1) is 0 Å². The van der Waals surface area contributed by atoms with Crippen molar-refractivity contribution in [2.24, 2.45) is 0 Å². The molecule has 92 valence electrons. The van der Waals surface area contributed by atoms with Gasteiger partial charge in [-0.2, -0.15) is 0 Å².